The SMILES string of the molecule is COC(=O)[C@@H]1CN(Cc2ccccc2)C[C@H]1c1ccc(F)cc1. The highest BCUT2D eigenvalue weighted by atomic mass is 19.1. The van der Waals surface area contributed by atoms with Gasteiger partial charge in [-0.2, -0.15) is 0 Å². The lowest BCUT2D eigenvalue weighted by Crippen LogP contribution is -2.24. The van der Waals surface area contributed by atoms with E-state index in [9.17, 15) is 9.18 Å². The lowest BCUT2D eigenvalue weighted by atomic mass is 9.89. The molecule has 2 aromatic carbocycles. The van der Waals surface area contributed by atoms with Crippen LogP contribution in [0, 0.1) is 11.7 Å². The van der Waals surface area contributed by atoms with Crippen LogP contribution in [0.1, 0.15) is 17.0 Å². The van der Waals surface area contributed by atoms with Crippen LogP contribution in [0.15, 0.2) is 54.6 Å². The Morgan fingerprint density at radius 2 is 1.83 bits per heavy atom. The molecule has 3 nitrogen and oxygen atoms in total. The van der Waals surface area contributed by atoms with Gasteiger partial charge >= 0.3 is 5.97 Å². The van der Waals surface area contributed by atoms with Gasteiger partial charge in [0.25, 0.3) is 0 Å². The van der Waals surface area contributed by atoms with Crippen LogP contribution in [0.2, 0.25) is 0 Å². The second-order valence-corrected chi connectivity index (χ2v) is 5.97. The van der Waals surface area contributed by atoms with Crippen LogP contribution < -0.4 is 0 Å². The van der Waals surface area contributed by atoms with Gasteiger partial charge in [-0.25, -0.2) is 4.39 Å². The number of hydrogen-bond acceptors (Lipinski definition) is 3. The van der Waals surface area contributed by atoms with Crippen LogP contribution >= 0.6 is 0 Å². The number of esters is 1. The Balaban J connectivity index is 1.79. The first-order valence-corrected chi connectivity index (χ1v) is 7.77. The number of benzene rings is 2. The van der Waals surface area contributed by atoms with E-state index in [1.54, 1.807) is 12.1 Å². The Bertz CT molecular complexity index is 657. The molecule has 1 heterocycles. The van der Waals surface area contributed by atoms with Gasteiger partial charge in [0.1, 0.15) is 5.82 Å². The largest absolute Gasteiger partial charge is 0.469 e. The van der Waals surface area contributed by atoms with Crippen molar-refractivity contribution in [2.45, 2.75) is 12.5 Å². The normalized spacial score (nSPS) is 21.3. The van der Waals surface area contributed by atoms with Gasteiger partial charge in [0.15, 0.2) is 0 Å². The van der Waals surface area contributed by atoms with Crippen LogP contribution in [0.4, 0.5) is 4.39 Å². The standard InChI is InChI=1S/C19H20FNO2/c1-23-19(22)18-13-21(11-14-5-3-2-4-6-14)12-17(18)15-7-9-16(20)10-8-15/h2-10,17-18H,11-13H2,1H3/t17-,18+/m0/s1. The van der Waals surface area contributed by atoms with E-state index in [4.69, 9.17) is 4.74 Å². The van der Waals surface area contributed by atoms with Crippen molar-refractivity contribution < 1.29 is 13.9 Å². The Hall–Kier alpha value is -2.20. The minimum atomic E-state index is -0.262. The zero-order valence-corrected chi connectivity index (χ0v) is 13.1. The Kier molecular flexibility index (Phi) is 4.72. The summed E-state index contributed by atoms with van der Waals surface area (Å²) in [5.41, 5.74) is 2.20. The summed E-state index contributed by atoms with van der Waals surface area (Å²) >= 11 is 0. The second-order valence-electron chi connectivity index (χ2n) is 5.97. The topological polar surface area (TPSA) is 29.5 Å². The van der Waals surface area contributed by atoms with E-state index in [0.29, 0.717) is 6.54 Å². The highest BCUT2D eigenvalue weighted by Gasteiger charge is 2.39. The molecule has 3 rings (SSSR count). The van der Waals surface area contributed by atoms with Crippen molar-refractivity contribution in [3.05, 3.63) is 71.5 Å². The third kappa shape index (κ3) is 3.59. The summed E-state index contributed by atoms with van der Waals surface area (Å²) in [7, 11) is 1.42. The second kappa shape index (κ2) is 6.92. The molecule has 0 unspecified atom stereocenters. The van der Waals surface area contributed by atoms with Gasteiger partial charge in [-0.05, 0) is 23.3 Å². The fraction of sp³-hybridized carbons (Fsp3) is 0.316. The molecule has 0 bridgehead atoms. The van der Waals surface area contributed by atoms with E-state index in [-0.39, 0.29) is 23.6 Å². The van der Waals surface area contributed by atoms with E-state index in [1.807, 2.05) is 18.2 Å². The molecule has 0 amide bonds. The third-order valence-corrected chi connectivity index (χ3v) is 4.45. The monoisotopic (exact) mass is 313 g/mol. The van der Waals surface area contributed by atoms with Crippen molar-refractivity contribution in [2.24, 2.45) is 5.92 Å². The summed E-state index contributed by atoms with van der Waals surface area (Å²) in [4.78, 5) is 14.4. The minimum Gasteiger partial charge on any atom is -0.469 e. The first kappa shape index (κ1) is 15.7. The summed E-state index contributed by atoms with van der Waals surface area (Å²) in [5, 5.41) is 0. The van der Waals surface area contributed by atoms with Gasteiger partial charge in [-0.1, -0.05) is 42.5 Å². The molecule has 0 radical (unpaired) electrons. The predicted octanol–water partition coefficient (Wildman–Crippen LogP) is 3.21. The van der Waals surface area contributed by atoms with Crippen molar-refractivity contribution in [1.29, 1.82) is 0 Å². The zero-order chi connectivity index (χ0) is 16.2. The van der Waals surface area contributed by atoms with Gasteiger partial charge < -0.3 is 4.74 Å². The van der Waals surface area contributed by atoms with Crippen LogP contribution in [-0.2, 0) is 16.1 Å². The van der Waals surface area contributed by atoms with Gasteiger partial charge in [0.05, 0.1) is 13.0 Å². The van der Waals surface area contributed by atoms with Crippen LogP contribution in [0.5, 0.6) is 0 Å². The molecule has 2 atom stereocenters. The number of carbonyl (C=O) groups excluding carboxylic acids is 1. The van der Waals surface area contributed by atoms with E-state index in [2.05, 4.69) is 17.0 Å². The molecular formula is C19H20FNO2. The number of hydrogen-bond donors (Lipinski definition) is 0. The molecule has 1 aliphatic rings. The molecule has 2 aromatic rings. The summed E-state index contributed by atoms with van der Waals surface area (Å²) in [6, 6.07) is 16.6. The van der Waals surface area contributed by atoms with Crippen LogP contribution in [-0.4, -0.2) is 31.1 Å². The summed E-state index contributed by atoms with van der Waals surface area (Å²) in [6.07, 6.45) is 0. The molecule has 4 heteroatoms. The molecule has 0 saturated carbocycles. The fourth-order valence-electron chi connectivity index (χ4n) is 3.29. The summed E-state index contributed by atoms with van der Waals surface area (Å²) in [6.45, 7) is 2.22. The van der Waals surface area contributed by atoms with Crippen LogP contribution in [0.25, 0.3) is 0 Å². The third-order valence-electron chi connectivity index (χ3n) is 4.45. The Labute approximate surface area is 135 Å². The lowest BCUT2D eigenvalue weighted by molar-refractivity contribution is -0.145. The maximum Gasteiger partial charge on any atom is 0.310 e. The smallest absolute Gasteiger partial charge is 0.310 e. The number of ether oxygens (including phenoxy) is 1. The van der Waals surface area contributed by atoms with E-state index >= 15 is 0 Å². The lowest BCUT2D eigenvalue weighted by Gasteiger charge is -2.16. The minimum absolute atomic E-state index is 0.0340. The highest BCUT2D eigenvalue weighted by molar-refractivity contribution is 5.74. The molecule has 120 valence electrons. The summed E-state index contributed by atoms with van der Waals surface area (Å²) < 4.78 is 18.1. The predicted molar refractivity (Wildman–Crippen MR) is 86.4 cm³/mol. The number of nitrogens with zero attached hydrogens (tertiary/aromatic N) is 1. The van der Waals surface area contributed by atoms with Gasteiger partial charge in [-0.15, -0.1) is 0 Å². The molecular weight excluding hydrogens is 293 g/mol. The van der Waals surface area contributed by atoms with E-state index < -0.39 is 0 Å². The molecule has 23 heavy (non-hydrogen) atoms. The van der Waals surface area contributed by atoms with E-state index in [1.165, 1.54) is 24.8 Å². The van der Waals surface area contributed by atoms with Crippen molar-refractivity contribution >= 4 is 5.97 Å². The maximum atomic E-state index is 13.2. The first-order chi connectivity index (χ1) is 11.2. The number of carbonyl (C=O) groups is 1. The number of halogens is 1. The average Bonchev–Trinajstić information content (AvgIpc) is 2.99. The maximum absolute atomic E-state index is 13.2. The fourth-order valence-corrected chi connectivity index (χ4v) is 3.29. The molecule has 1 fully saturated rings. The molecule has 1 aliphatic heterocycles. The van der Waals surface area contributed by atoms with Crippen molar-refractivity contribution in [3.8, 4) is 0 Å². The van der Waals surface area contributed by atoms with Crippen molar-refractivity contribution in [3.63, 3.8) is 0 Å². The Morgan fingerprint density at radius 1 is 1.13 bits per heavy atom. The molecule has 0 aliphatic carbocycles. The molecule has 1 saturated heterocycles. The molecule has 0 N–H and O–H groups in total. The highest BCUT2D eigenvalue weighted by Crippen LogP contribution is 2.34. The number of rotatable bonds is 4. The number of methoxy groups -OCH3 is 1. The zero-order valence-electron chi connectivity index (χ0n) is 13.1. The quantitative estimate of drug-likeness (QED) is 0.812. The average molecular weight is 313 g/mol. The molecule has 0 spiro atoms. The van der Waals surface area contributed by atoms with Gasteiger partial charge in [0.2, 0.25) is 0 Å². The first-order valence-electron chi connectivity index (χ1n) is 7.77. The van der Waals surface area contributed by atoms with Crippen molar-refractivity contribution in [2.75, 3.05) is 20.2 Å². The Morgan fingerprint density at radius 3 is 2.48 bits per heavy atom. The van der Waals surface area contributed by atoms with Gasteiger partial charge in [-0.3, -0.25) is 9.69 Å². The van der Waals surface area contributed by atoms with Crippen molar-refractivity contribution in [1.82, 2.24) is 4.90 Å². The van der Waals surface area contributed by atoms with E-state index in [0.717, 1.165) is 18.7 Å². The number of likely N-dealkylation sites (tertiary alicyclic amines) is 1. The summed E-state index contributed by atoms with van der Waals surface area (Å²) in [5.74, 6) is -0.640. The molecule has 0 aromatic heterocycles. The van der Waals surface area contributed by atoms with Gasteiger partial charge in [0, 0.05) is 25.6 Å². The van der Waals surface area contributed by atoms with Crippen LogP contribution in [0.3, 0.4) is 0 Å².